The zero-order valence-corrected chi connectivity index (χ0v) is 12.0. The maximum atomic E-state index is 11.8. The summed E-state index contributed by atoms with van der Waals surface area (Å²) in [6.45, 7) is 1.87. The van der Waals surface area contributed by atoms with Gasteiger partial charge in [-0.25, -0.2) is 13.2 Å². The summed E-state index contributed by atoms with van der Waals surface area (Å²) < 4.78 is 22.8. The Labute approximate surface area is 117 Å². The van der Waals surface area contributed by atoms with Crippen molar-refractivity contribution in [3.8, 4) is 0 Å². The van der Waals surface area contributed by atoms with Crippen LogP contribution in [-0.4, -0.2) is 37.4 Å². The summed E-state index contributed by atoms with van der Waals surface area (Å²) in [7, 11) is -3.15. The van der Waals surface area contributed by atoms with Gasteiger partial charge in [0.05, 0.1) is 22.9 Å². The van der Waals surface area contributed by atoms with Gasteiger partial charge in [0, 0.05) is 5.69 Å². The van der Waals surface area contributed by atoms with Crippen LogP contribution in [0, 0.1) is 6.92 Å². The fourth-order valence-electron chi connectivity index (χ4n) is 1.98. The maximum absolute atomic E-state index is 11.8. The molecule has 1 aliphatic heterocycles. The number of urea groups is 1. The number of para-hydroxylation sites is 1. The Bertz CT molecular complexity index is 588. The molecule has 2 N–H and O–H groups in total. The van der Waals surface area contributed by atoms with Crippen LogP contribution < -0.4 is 10.6 Å². The minimum Gasteiger partial charge on any atom is -0.333 e. The number of halogens is 1. The minimum absolute atomic E-state index is 0.0934. The van der Waals surface area contributed by atoms with Gasteiger partial charge >= 0.3 is 6.03 Å². The second-order valence-corrected chi connectivity index (χ2v) is 7.33. The first-order chi connectivity index (χ1) is 8.87. The lowest BCUT2D eigenvalue weighted by Gasteiger charge is -2.15. The van der Waals surface area contributed by atoms with E-state index in [2.05, 4.69) is 10.6 Å². The van der Waals surface area contributed by atoms with Crippen LogP contribution in [0.1, 0.15) is 5.56 Å². The van der Waals surface area contributed by atoms with Crippen molar-refractivity contribution in [2.75, 3.05) is 16.8 Å². The second-order valence-electron chi connectivity index (χ2n) is 4.61. The summed E-state index contributed by atoms with van der Waals surface area (Å²) in [6, 6.07) is 6.35. The van der Waals surface area contributed by atoms with Crippen LogP contribution in [0.25, 0.3) is 0 Å². The molecule has 1 aliphatic rings. The van der Waals surface area contributed by atoms with Gasteiger partial charge in [-0.3, -0.25) is 0 Å². The van der Waals surface area contributed by atoms with Gasteiger partial charge in [0.1, 0.15) is 0 Å². The molecule has 0 saturated carbocycles. The molecule has 2 rings (SSSR count). The van der Waals surface area contributed by atoms with Crippen LogP contribution >= 0.6 is 11.6 Å². The molecule has 0 radical (unpaired) electrons. The monoisotopic (exact) mass is 302 g/mol. The smallest absolute Gasteiger partial charge is 0.319 e. The van der Waals surface area contributed by atoms with E-state index in [0.29, 0.717) is 5.69 Å². The molecule has 1 heterocycles. The summed E-state index contributed by atoms with van der Waals surface area (Å²) in [6.07, 6.45) is 0. The number of hydrogen-bond acceptors (Lipinski definition) is 3. The van der Waals surface area contributed by atoms with E-state index in [-0.39, 0.29) is 11.5 Å². The highest BCUT2D eigenvalue weighted by molar-refractivity contribution is 7.91. The molecule has 0 bridgehead atoms. The number of benzene rings is 1. The van der Waals surface area contributed by atoms with Gasteiger partial charge < -0.3 is 10.6 Å². The number of hydrogen-bond donors (Lipinski definition) is 2. The van der Waals surface area contributed by atoms with Crippen molar-refractivity contribution in [1.82, 2.24) is 5.32 Å². The molecule has 2 unspecified atom stereocenters. The molecule has 2 atom stereocenters. The molecule has 1 aromatic carbocycles. The molecule has 0 aromatic heterocycles. The molecular weight excluding hydrogens is 288 g/mol. The fraction of sp³-hybridized carbons (Fsp3) is 0.417. The van der Waals surface area contributed by atoms with E-state index in [9.17, 15) is 13.2 Å². The third-order valence-corrected chi connectivity index (χ3v) is 5.37. The summed E-state index contributed by atoms with van der Waals surface area (Å²) in [5.41, 5.74) is 1.62. The van der Waals surface area contributed by atoms with Gasteiger partial charge in [0.25, 0.3) is 0 Å². The zero-order chi connectivity index (χ0) is 14.0. The molecule has 5 nitrogen and oxygen atoms in total. The zero-order valence-electron chi connectivity index (χ0n) is 10.4. The number of sulfone groups is 1. The normalized spacial score (nSPS) is 24.9. The number of carbonyl (C=O) groups excluding carboxylic acids is 1. The van der Waals surface area contributed by atoms with Gasteiger partial charge in [0.2, 0.25) is 0 Å². The first kappa shape index (κ1) is 14.1. The molecule has 1 fully saturated rings. The predicted molar refractivity (Wildman–Crippen MR) is 75.4 cm³/mol. The molecular formula is C12H15ClN2O3S. The first-order valence-electron chi connectivity index (χ1n) is 5.85. The fourth-order valence-corrected chi connectivity index (χ4v) is 4.53. The number of carbonyl (C=O) groups is 1. The van der Waals surface area contributed by atoms with Gasteiger partial charge in [-0.1, -0.05) is 18.2 Å². The number of anilines is 1. The quantitative estimate of drug-likeness (QED) is 0.813. The van der Waals surface area contributed by atoms with E-state index in [1.165, 1.54) is 0 Å². The minimum atomic E-state index is -3.15. The van der Waals surface area contributed by atoms with Crippen LogP contribution in [0.15, 0.2) is 24.3 Å². The molecule has 19 heavy (non-hydrogen) atoms. The SMILES string of the molecule is Cc1ccccc1NC(=O)NC1CS(=O)(=O)CC1Cl. The summed E-state index contributed by atoms with van der Waals surface area (Å²) in [5.74, 6) is -0.202. The van der Waals surface area contributed by atoms with Gasteiger partial charge in [-0.15, -0.1) is 11.6 Å². The largest absolute Gasteiger partial charge is 0.333 e. The average Bonchev–Trinajstić information content (AvgIpc) is 2.55. The molecule has 0 aliphatic carbocycles. The van der Waals surface area contributed by atoms with E-state index in [0.717, 1.165) is 5.56 Å². The van der Waals surface area contributed by atoms with Gasteiger partial charge in [-0.05, 0) is 18.6 Å². The van der Waals surface area contributed by atoms with E-state index >= 15 is 0 Å². The number of nitrogens with one attached hydrogen (secondary N) is 2. The second kappa shape index (κ2) is 5.38. The summed E-state index contributed by atoms with van der Waals surface area (Å²) >= 11 is 5.92. The number of aryl methyl sites for hydroxylation is 1. The van der Waals surface area contributed by atoms with Crippen molar-refractivity contribution in [2.45, 2.75) is 18.3 Å². The number of amides is 2. The standard InChI is InChI=1S/C12H15ClN2O3S/c1-8-4-2-3-5-10(8)14-12(16)15-11-7-19(17,18)6-9(11)13/h2-5,9,11H,6-7H2,1H3,(H2,14,15,16). The summed E-state index contributed by atoms with van der Waals surface area (Å²) in [4.78, 5) is 11.8. The molecule has 0 spiro atoms. The number of alkyl halides is 1. The lowest BCUT2D eigenvalue weighted by Crippen LogP contribution is -2.43. The van der Waals surface area contributed by atoms with Gasteiger partial charge in [-0.2, -0.15) is 0 Å². The Morgan fingerprint density at radius 1 is 1.32 bits per heavy atom. The van der Waals surface area contributed by atoms with Crippen LogP contribution in [-0.2, 0) is 9.84 Å². The van der Waals surface area contributed by atoms with Crippen LogP contribution in [0.4, 0.5) is 10.5 Å². The van der Waals surface area contributed by atoms with Crippen molar-refractivity contribution in [1.29, 1.82) is 0 Å². The molecule has 104 valence electrons. The van der Waals surface area contributed by atoms with E-state index in [1.54, 1.807) is 6.07 Å². The highest BCUT2D eigenvalue weighted by Crippen LogP contribution is 2.18. The number of rotatable bonds is 2. The Morgan fingerprint density at radius 2 is 2.00 bits per heavy atom. The van der Waals surface area contributed by atoms with Crippen LogP contribution in [0.5, 0.6) is 0 Å². The molecule has 1 aromatic rings. The molecule has 7 heteroatoms. The van der Waals surface area contributed by atoms with Crippen LogP contribution in [0.2, 0.25) is 0 Å². The van der Waals surface area contributed by atoms with Crippen molar-refractivity contribution in [3.63, 3.8) is 0 Å². The highest BCUT2D eigenvalue weighted by Gasteiger charge is 2.37. The third-order valence-electron chi connectivity index (χ3n) is 2.99. The van der Waals surface area contributed by atoms with E-state index in [1.807, 2.05) is 25.1 Å². The summed E-state index contributed by atoms with van der Waals surface area (Å²) in [5, 5.41) is 4.70. The van der Waals surface area contributed by atoms with Crippen LogP contribution in [0.3, 0.4) is 0 Å². The first-order valence-corrected chi connectivity index (χ1v) is 8.11. The predicted octanol–water partition coefficient (Wildman–Crippen LogP) is 1.52. The Balaban J connectivity index is 1.98. The van der Waals surface area contributed by atoms with Crippen molar-refractivity contribution < 1.29 is 13.2 Å². The highest BCUT2D eigenvalue weighted by atomic mass is 35.5. The Kier molecular flexibility index (Phi) is 4.01. The Hall–Kier alpha value is -1.27. The van der Waals surface area contributed by atoms with Crippen molar-refractivity contribution >= 4 is 33.2 Å². The Morgan fingerprint density at radius 3 is 2.58 bits per heavy atom. The van der Waals surface area contributed by atoms with Crippen molar-refractivity contribution in [3.05, 3.63) is 29.8 Å². The lowest BCUT2D eigenvalue weighted by molar-refractivity contribution is 0.249. The average molecular weight is 303 g/mol. The van der Waals surface area contributed by atoms with E-state index < -0.39 is 27.3 Å². The third kappa shape index (κ3) is 3.61. The van der Waals surface area contributed by atoms with Gasteiger partial charge in [0.15, 0.2) is 9.84 Å². The molecule has 1 saturated heterocycles. The lowest BCUT2D eigenvalue weighted by atomic mass is 10.2. The molecule has 2 amide bonds. The van der Waals surface area contributed by atoms with E-state index in [4.69, 9.17) is 11.6 Å². The van der Waals surface area contributed by atoms with Crippen molar-refractivity contribution in [2.24, 2.45) is 0 Å². The maximum Gasteiger partial charge on any atom is 0.319 e. The topological polar surface area (TPSA) is 75.3 Å².